The Morgan fingerprint density at radius 1 is 1.42 bits per heavy atom. The second-order valence-electron chi connectivity index (χ2n) is 6.52. The molecular formula is C17H23N5O2. The molecule has 1 amide bonds. The van der Waals surface area contributed by atoms with Crippen molar-refractivity contribution in [3.63, 3.8) is 0 Å². The number of aromatic amines is 1. The first kappa shape index (κ1) is 16.4. The standard InChI is InChI=1S/C17H23N5O2/c1-11-10-18-8-7-13(11)16(23)19-14-6-4-3-5-12(14)9-15-20-21-17(24)22(15)2/h7-8,10,12,14H,3-6,9H2,1-2H3,(H,19,23)(H,21,24)/t12-,14-/m1/s1. The largest absolute Gasteiger partial charge is 0.349 e. The summed E-state index contributed by atoms with van der Waals surface area (Å²) in [7, 11) is 1.72. The SMILES string of the molecule is Cc1cnccc1C(=O)N[C@@H]1CCCC[C@@H]1Cc1n[nH]c(=O)n1C. The van der Waals surface area contributed by atoms with Crippen LogP contribution in [0.2, 0.25) is 0 Å². The third kappa shape index (κ3) is 3.39. The number of carbonyl (C=O) groups is 1. The van der Waals surface area contributed by atoms with E-state index in [2.05, 4.69) is 20.5 Å². The van der Waals surface area contributed by atoms with E-state index in [1.165, 1.54) is 0 Å². The van der Waals surface area contributed by atoms with Crippen molar-refractivity contribution in [2.75, 3.05) is 0 Å². The summed E-state index contributed by atoms with van der Waals surface area (Å²) >= 11 is 0. The molecule has 128 valence electrons. The molecule has 0 spiro atoms. The average molecular weight is 329 g/mol. The van der Waals surface area contributed by atoms with E-state index in [0.29, 0.717) is 17.9 Å². The molecule has 1 aliphatic rings. The van der Waals surface area contributed by atoms with Gasteiger partial charge in [0.2, 0.25) is 0 Å². The summed E-state index contributed by atoms with van der Waals surface area (Å²) < 4.78 is 1.54. The van der Waals surface area contributed by atoms with E-state index in [9.17, 15) is 9.59 Å². The fourth-order valence-corrected chi connectivity index (χ4v) is 3.41. The summed E-state index contributed by atoms with van der Waals surface area (Å²) in [4.78, 5) is 28.2. The van der Waals surface area contributed by atoms with Gasteiger partial charge in [0, 0.05) is 37.5 Å². The molecule has 0 saturated heterocycles. The van der Waals surface area contributed by atoms with Crippen molar-refractivity contribution in [1.82, 2.24) is 25.1 Å². The van der Waals surface area contributed by atoms with Gasteiger partial charge < -0.3 is 5.32 Å². The number of hydrogen-bond donors (Lipinski definition) is 2. The predicted octanol–water partition coefficient (Wildman–Crippen LogP) is 1.34. The van der Waals surface area contributed by atoms with Crippen molar-refractivity contribution < 1.29 is 4.79 Å². The Bertz CT molecular complexity index is 779. The van der Waals surface area contributed by atoms with Gasteiger partial charge in [0.15, 0.2) is 0 Å². The summed E-state index contributed by atoms with van der Waals surface area (Å²) in [6.07, 6.45) is 8.27. The third-order valence-corrected chi connectivity index (χ3v) is 4.91. The number of pyridine rings is 1. The highest BCUT2D eigenvalue weighted by Gasteiger charge is 2.28. The molecule has 7 nitrogen and oxygen atoms in total. The van der Waals surface area contributed by atoms with Crippen LogP contribution in [-0.2, 0) is 13.5 Å². The number of aromatic nitrogens is 4. The van der Waals surface area contributed by atoms with Crippen molar-refractivity contribution in [2.45, 2.75) is 45.1 Å². The minimum Gasteiger partial charge on any atom is -0.349 e. The molecule has 1 fully saturated rings. The molecule has 2 heterocycles. The molecule has 0 aromatic carbocycles. The summed E-state index contributed by atoms with van der Waals surface area (Å²) in [6, 6.07) is 1.85. The second-order valence-corrected chi connectivity index (χ2v) is 6.52. The highest BCUT2D eigenvalue weighted by molar-refractivity contribution is 5.95. The lowest BCUT2D eigenvalue weighted by molar-refractivity contribution is 0.0904. The Kier molecular flexibility index (Phi) is 4.78. The lowest BCUT2D eigenvalue weighted by atomic mass is 9.82. The van der Waals surface area contributed by atoms with E-state index in [1.807, 2.05) is 6.92 Å². The summed E-state index contributed by atoms with van der Waals surface area (Å²) in [5.41, 5.74) is 1.34. The van der Waals surface area contributed by atoms with Crippen LogP contribution in [0.15, 0.2) is 23.3 Å². The van der Waals surface area contributed by atoms with Crippen LogP contribution in [0.4, 0.5) is 0 Å². The predicted molar refractivity (Wildman–Crippen MR) is 89.7 cm³/mol. The number of rotatable bonds is 4. The molecule has 1 aliphatic carbocycles. The second kappa shape index (κ2) is 6.98. The van der Waals surface area contributed by atoms with Gasteiger partial charge in [0.25, 0.3) is 5.91 Å². The number of amides is 1. The molecule has 2 aromatic rings. The molecule has 1 saturated carbocycles. The van der Waals surface area contributed by atoms with Gasteiger partial charge in [-0.3, -0.25) is 14.3 Å². The lowest BCUT2D eigenvalue weighted by Gasteiger charge is -2.32. The van der Waals surface area contributed by atoms with E-state index in [-0.39, 0.29) is 17.6 Å². The first-order valence-electron chi connectivity index (χ1n) is 8.38. The Morgan fingerprint density at radius 2 is 2.21 bits per heavy atom. The van der Waals surface area contributed by atoms with E-state index in [0.717, 1.165) is 37.1 Å². The number of nitrogens with one attached hydrogen (secondary N) is 2. The molecule has 0 aliphatic heterocycles. The number of aryl methyl sites for hydroxylation is 1. The van der Waals surface area contributed by atoms with Crippen molar-refractivity contribution in [2.24, 2.45) is 13.0 Å². The number of carbonyl (C=O) groups excluding carboxylic acids is 1. The normalized spacial score (nSPS) is 20.8. The molecule has 24 heavy (non-hydrogen) atoms. The zero-order valence-electron chi connectivity index (χ0n) is 14.1. The molecular weight excluding hydrogens is 306 g/mol. The third-order valence-electron chi connectivity index (χ3n) is 4.91. The maximum atomic E-state index is 12.6. The van der Waals surface area contributed by atoms with Crippen molar-refractivity contribution in [3.8, 4) is 0 Å². The molecule has 2 aromatic heterocycles. The van der Waals surface area contributed by atoms with E-state index in [1.54, 1.807) is 30.1 Å². The van der Waals surface area contributed by atoms with Gasteiger partial charge in [0.1, 0.15) is 5.82 Å². The molecule has 0 radical (unpaired) electrons. The van der Waals surface area contributed by atoms with Gasteiger partial charge in [-0.2, -0.15) is 5.10 Å². The maximum absolute atomic E-state index is 12.6. The highest BCUT2D eigenvalue weighted by Crippen LogP contribution is 2.27. The Morgan fingerprint density at radius 3 is 2.92 bits per heavy atom. The van der Waals surface area contributed by atoms with Crippen molar-refractivity contribution in [3.05, 3.63) is 45.9 Å². The average Bonchev–Trinajstić information content (AvgIpc) is 2.89. The smallest absolute Gasteiger partial charge is 0.343 e. The Hall–Kier alpha value is -2.44. The van der Waals surface area contributed by atoms with Crippen LogP contribution in [0, 0.1) is 12.8 Å². The van der Waals surface area contributed by atoms with Crippen molar-refractivity contribution >= 4 is 5.91 Å². The van der Waals surface area contributed by atoms with Crippen LogP contribution in [-0.4, -0.2) is 31.7 Å². The number of H-pyrrole nitrogens is 1. The van der Waals surface area contributed by atoms with Gasteiger partial charge in [-0.15, -0.1) is 0 Å². The maximum Gasteiger partial charge on any atom is 0.343 e. The summed E-state index contributed by atoms with van der Waals surface area (Å²) in [5, 5.41) is 9.76. The molecule has 0 bridgehead atoms. The van der Waals surface area contributed by atoms with E-state index >= 15 is 0 Å². The molecule has 0 unspecified atom stereocenters. The molecule has 3 rings (SSSR count). The fraction of sp³-hybridized carbons (Fsp3) is 0.529. The minimum atomic E-state index is -0.200. The Labute approximate surface area is 140 Å². The lowest BCUT2D eigenvalue weighted by Crippen LogP contribution is -2.43. The first-order chi connectivity index (χ1) is 11.6. The van der Waals surface area contributed by atoms with Gasteiger partial charge in [0.05, 0.1) is 0 Å². The van der Waals surface area contributed by atoms with Crippen LogP contribution in [0.1, 0.15) is 47.4 Å². The number of hydrogen-bond acceptors (Lipinski definition) is 4. The molecule has 7 heteroatoms. The number of nitrogens with zero attached hydrogens (tertiary/aromatic N) is 3. The minimum absolute atomic E-state index is 0.0530. The Balaban J connectivity index is 1.73. The summed E-state index contributed by atoms with van der Waals surface area (Å²) in [5.74, 6) is 0.979. The topological polar surface area (TPSA) is 92.7 Å². The van der Waals surface area contributed by atoms with Crippen molar-refractivity contribution in [1.29, 1.82) is 0 Å². The molecule has 2 N–H and O–H groups in total. The van der Waals surface area contributed by atoms with Gasteiger partial charge in [-0.25, -0.2) is 9.89 Å². The zero-order chi connectivity index (χ0) is 17.1. The zero-order valence-corrected chi connectivity index (χ0v) is 14.1. The van der Waals surface area contributed by atoms with Crippen LogP contribution < -0.4 is 11.0 Å². The highest BCUT2D eigenvalue weighted by atomic mass is 16.2. The quantitative estimate of drug-likeness (QED) is 0.885. The van der Waals surface area contributed by atoms with Crippen LogP contribution in [0.25, 0.3) is 0 Å². The van der Waals surface area contributed by atoms with Gasteiger partial charge in [-0.1, -0.05) is 12.8 Å². The van der Waals surface area contributed by atoms with Crippen LogP contribution >= 0.6 is 0 Å². The molecule has 2 atom stereocenters. The first-order valence-corrected chi connectivity index (χ1v) is 8.38. The fourth-order valence-electron chi connectivity index (χ4n) is 3.41. The van der Waals surface area contributed by atoms with E-state index in [4.69, 9.17) is 0 Å². The van der Waals surface area contributed by atoms with Crippen LogP contribution in [0.5, 0.6) is 0 Å². The van der Waals surface area contributed by atoms with Gasteiger partial charge >= 0.3 is 5.69 Å². The summed E-state index contributed by atoms with van der Waals surface area (Å²) in [6.45, 7) is 1.89. The van der Waals surface area contributed by atoms with E-state index < -0.39 is 0 Å². The van der Waals surface area contributed by atoms with Gasteiger partial charge in [-0.05, 0) is 37.3 Å². The monoisotopic (exact) mass is 329 g/mol. The van der Waals surface area contributed by atoms with Crippen LogP contribution in [0.3, 0.4) is 0 Å².